The Morgan fingerprint density at radius 2 is 2.31 bits per heavy atom. The summed E-state index contributed by atoms with van der Waals surface area (Å²) >= 11 is 0. The van der Waals surface area contributed by atoms with Gasteiger partial charge >= 0.3 is 5.97 Å². The summed E-state index contributed by atoms with van der Waals surface area (Å²) in [6, 6.07) is 0. The second-order valence-corrected chi connectivity index (χ2v) is 4.34. The van der Waals surface area contributed by atoms with Crippen LogP contribution in [0, 0.1) is 5.92 Å². The lowest BCUT2D eigenvalue weighted by atomic mass is 10.1. The van der Waals surface area contributed by atoms with Gasteiger partial charge in [-0.05, 0) is 20.8 Å². The third-order valence-electron chi connectivity index (χ3n) is 2.44. The van der Waals surface area contributed by atoms with Gasteiger partial charge in [-0.25, -0.2) is 4.79 Å². The smallest absolute Gasteiger partial charge is 0.330 e. The quantitative estimate of drug-likeness (QED) is 0.544. The molecule has 92 valence electrons. The molecule has 16 heavy (non-hydrogen) atoms. The summed E-state index contributed by atoms with van der Waals surface area (Å²) < 4.78 is 15.9. The van der Waals surface area contributed by atoms with E-state index in [1.165, 1.54) is 6.08 Å². The molecule has 0 saturated carbocycles. The molecule has 0 aromatic carbocycles. The minimum absolute atomic E-state index is 0.000626. The van der Waals surface area contributed by atoms with Gasteiger partial charge < -0.3 is 14.2 Å². The molecular weight excluding hydrogens is 208 g/mol. The lowest BCUT2D eigenvalue weighted by Gasteiger charge is -2.19. The Morgan fingerprint density at radius 3 is 2.81 bits per heavy atom. The van der Waals surface area contributed by atoms with Crippen molar-refractivity contribution in [2.24, 2.45) is 5.92 Å². The fraction of sp³-hybridized carbons (Fsp3) is 0.750. The van der Waals surface area contributed by atoms with Crippen molar-refractivity contribution in [3.63, 3.8) is 0 Å². The number of esters is 1. The molecule has 1 rings (SSSR count). The van der Waals surface area contributed by atoms with Crippen LogP contribution in [0.5, 0.6) is 0 Å². The van der Waals surface area contributed by atoms with Crippen molar-refractivity contribution in [3.8, 4) is 0 Å². The SMILES string of the molecule is CCOC(=O)/C=C/[C@H](C)[C@H]1COC(C)(C)O1. The van der Waals surface area contributed by atoms with Gasteiger partial charge in [0.2, 0.25) is 0 Å². The van der Waals surface area contributed by atoms with E-state index in [1.54, 1.807) is 13.0 Å². The first-order chi connectivity index (χ1) is 7.44. The van der Waals surface area contributed by atoms with E-state index in [0.717, 1.165) is 0 Å². The van der Waals surface area contributed by atoms with Crippen molar-refractivity contribution in [1.82, 2.24) is 0 Å². The molecule has 1 fully saturated rings. The van der Waals surface area contributed by atoms with E-state index in [-0.39, 0.29) is 18.0 Å². The molecule has 0 bridgehead atoms. The lowest BCUT2D eigenvalue weighted by molar-refractivity contribution is -0.141. The van der Waals surface area contributed by atoms with Crippen molar-refractivity contribution in [1.29, 1.82) is 0 Å². The van der Waals surface area contributed by atoms with Gasteiger partial charge in [0, 0.05) is 12.0 Å². The molecule has 1 heterocycles. The highest BCUT2D eigenvalue weighted by Crippen LogP contribution is 2.27. The molecule has 0 aromatic heterocycles. The van der Waals surface area contributed by atoms with Crippen LogP contribution in [0.1, 0.15) is 27.7 Å². The van der Waals surface area contributed by atoms with Gasteiger partial charge in [-0.1, -0.05) is 13.0 Å². The first-order valence-electron chi connectivity index (χ1n) is 5.61. The van der Waals surface area contributed by atoms with Crippen LogP contribution in [-0.2, 0) is 19.0 Å². The van der Waals surface area contributed by atoms with Crippen LogP contribution in [0.25, 0.3) is 0 Å². The maximum atomic E-state index is 11.1. The van der Waals surface area contributed by atoms with Gasteiger partial charge in [0.25, 0.3) is 0 Å². The number of hydrogen-bond donors (Lipinski definition) is 0. The second kappa shape index (κ2) is 5.46. The zero-order valence-corrected chi connectivity index (χ0v) is 10.4. The third-order valence-corrected chi connectivity index (χ3v) is 2.44. The standard InChI is InChI=1S/C12H20O4/c1-5-14-11(13)7-6-9(2)10-8-15-12(3,4)16-10/h6-7,9-10H,5,8H2,1-4H3/b7-6+/t9-,10+/m0/s1. The number of carbonyl (C=O) groups excluding carboxylic acids is 1. The van der Waals surface area contributed by atoms with E-state index in [4.69, 9.17) is 14.2 Å². The molecule has 0 aromatic rings. The first-order valence-corrected chi connectivity index (χ1v) is 5.61. The lowest BCUT2D eigenvalue weighted by Crippen LogP contribution is -2.24. The average Bonchev–Trinajstić information content (AvgIpc) is 2.56. The largest absolute Gasteiger partial charge is 0.463 e. The average molecular weight is 228 g/mol. The van der Waals surface area contributed by atoms with Gasteiger partial charge in [0.1, 0.15) is 0 Å². The Hall–Kier alpha value is -0.870. The van der Waals surface area contributed by atoms with Crippen molar-refractivity contribution in [3.05, 3.63) is 12.2 Å². The van der Waals surface area contributed by atoms with Crippen LogP contribution in [0.3, 0.4) is 0 Å². The minimum atomic E-state index is -0.517. The second-order valence-electron chi connectivity index (χ2n) is 4.34. The van der Waals surface area contributed by atoms with E-state index in [9.17, 15) is 4.79 Å². The van der Waals surface area contributed by atoms with Gasteiger partial charge in [-0.15, -0.1) is 0 Å². The Labute approximate surface area is 96.6 Å². The molecule has 0 aliphatic carbocycles. The zero-order chi connectivity index (χ0) is 12.2. The van der Waals surface area contributed by atoms with E-state index in [1.807, 2.05) is 20.8 Å². The Balaban J connectivity index is 2.41. The molecule has 0 N–H and O–H groups in total. The summed E-state index contributed by atoms with van der Waals surface area (Å²) in [5, 5.41) is 0. The highest BCUT2D eigenvalue weighted by Gasteiger charge is 2.34. The summed E-state index contributed by atoms with van der Waals surface area (Å²) in [4.78, 5) is 11.1. The molecule has 1 saturated heterocycles. The Kier molecular flexibility index (Phi) is 4.50. The van der Waals surface area contributed by atoms with Gasteiger partial charge in [0.05, 0.1) is 19.3 Å². The topological polar surface area (TPSA) is 44.8 Å². The molecule has 4 nitrogen and oxygen atoms in total. The maximum absolute atomic E-state index is 11.1. The van der Waals surface area contributed by atoms with Crippen LogP contribution in [-0.4, -0.2) is 31.1 Å². The number of ether oxygens (including phenoxy) is 3. The predicted octanol–water partition coefficient (Wildman–Crippen LogP) is 1.89. The normalized spacial score (nSPS) is 25.9. The van der Waals surface area contributed by atoms with E-state index in [2.05, 4.69) is 0 Å². The number of rotatable bonds is 4. The van der Waals surface area contributed by atoms with Gasteiger partial charge in [-0.3, -0.25) is 0 Å². The molecule has 1 aliphatic rings. The molecule has 4 heteroatoms. The monoisotopic (exact) mass is 228 g/mol. The highest BCUT2D eigenvalue weighted by atomic mass is 16.7. The van der Waals surface area contributed by atoms with Crippen LogP contribution >= 0.6 is 0 Å². The number of hydrogen-bond acceptors (Lipinski definition) is 4. The van der Waals surface area contributed by atoms with Crippen molar-refractivity contribution >= 4 is 5.97 Å². The van der Waals surface area contributed by atoms with Gasteiger partial charge in [0.15, 0.2) is 5.79 Å². The Morgan fingerprint density at radius 1 is 1.62 bits per heavy atom. The summed E-state index contributed by atoms with van der Waals surface area (Å²) in [6.45, 7) is 8.50. The number of carbonyl (C=O) groups is 1. The summed E-state index contributed by atoms with van der Waals surface area (Å²) in [7, 11) is 0. The molecule has 0 amide bonds. The molecule has 1 aliphatic heterocycles. The van der Waals surface area contributed by atoms with Crippen LogP contribution in [0.15, 0.2) is 12.2 Å². The molecule has 2 atom stereocenters. The van der Waals surface area contributed by atoms with Crippen molar-refractivity contribution < 1.29 is 19.0 Å². The van der Waals surface area contributed by atoms with Crippen LogP contribution in [0.4, 0.5) is 0 Å². The van der Waals surface area contributed by atoms with Crippen LogP contribution in [0.2, 0.25) is 0 Å². The molecular formula is C12H20O4. The predicted molar refractivity (Wildman–Crippen MR) is 59.8 cm³/mol. The highest BCUT2D eigenvalue weighted by molar-refractivity contribution is 5.81. The third kappa shape index (κ3) is 3.94. The molecule has 0 spiro atoms. The maximum Gasteiger partial charge on any atom is 0.330 e. The fourth-order valence-electron chi connectivity index (χ4n) is 1.52. The summed E-state index contributed by atoms with van der Waals surface area (Å²) in [5.74, 6) is -0.699. The minimum Gasteiger partial charge on any atom is -0.463 e. The van der Waals surface area contributed by atoms with E-state index < -0.39 is 5.79 Å². The fourth-order valence-corrected chi connectivity index (χ4v) is 1.52. The zero-order valence-electron chi connectivity index (χ0n) is 10.4. The van der Waals surface area contributed by atoms with Crippen molar-refractivity contribution in [2.75, 3.05) is 13.2 Å². The summed E-state index contributed by atoms with van der Waals surface area (Å²) in [5.41, 5.74) is 0. The van der Waals surface area contributed by atoms with E-state index >= 15 is 0 Å². The van der Waals surface area contributed by atoms with Crippen molar-refractivity contribution in [2.45, 2.75) is 39.6 Å². The van der Waals surface area contributed by atoms with E-state index in [0.29, 0.717) is 13.2 Å². The molecule has 0 unspecified atom stereocenters. The van der Waals surface area contributed by atoms with Crippen LogP contribution < -0.4 is 0 Å². The van der Waals surface area contributed by atoms with Gasteiger partial charge in [-0.2, -0.15) is 0 Å². The summed E-state index contributed by atoms with van der Waals surface area (Å²) in [6.07, 6.45) is 3.25. The first kappa shape index (κ1) is 13.2. The molecule has 0 radical (unpaired) electrons. The Bertz CT molecular complexity index is 270.